The van der Waals surface area contributed by atoms with Crippen LogP contribution < -0.4 is 15.1 Å². The minimum absolute atomic E-state index is 0.0247. The molecule has 0 fully saturated rings. The van der Waals surface area contributed by atoms with Crippen LogP contribution >= 0.6 is 0 Å². The summed E-state index contributed by atoms with van der Waals surface area (Å²) in [7, 11) is 5.33. The van der Waals surface area contributed by atoms with Gasteiger partial charge in [-0.2, -0.15) is 5.10 Å². The first-order valence-electron chi connectivity index (χ1n) is 6.99. The SMILES string of the molecule is COc1cccc(/C=N/NC(=O)c2ccc(N(C)C)cc2)c1O. The van der Waals surface area contributed by atoms with Crippen LogP contribution in [0.1, 0.15) is 15.9 Å². The number of hydrogen-bond acceptors (Lipinski definition) is 5. The normalized spacial score (nSPS) is 10.6. The van der Waals surface area contributed by atoms with Gasteiger partial charge in [-0.15, -0.1) is 0 Å². The van der Waals surface area contributed by atoms with Gasteiger partial charge in [-0.3, -0.25) is 4.79 Å². The molecule has 23 heavy (non-hydrogen) atoms. The summed E-state index contributed by atoms with van der Waals surface area (Å²) in [5, 5.41) is 13.8. The summed E-state index contributed by atoms with van der Waals surface area (Å²) in [5.74, 6) is -0.00294. The molecule has 6 nitrogen and oxygen atoms in total. The van der Waals surface area contributed by atoms with Crippen LogP contribution in [0.15, 0.2) is 47.6 Å². The summed E-state index contributed by atoms with van der Waals surface area (Å²) in [4.78, 5) is 13.9. The molecular weight excluding hydrogens is 294 g/mol. The second kappa shape index (κ2) is 7.31. The second-order valence-electron chi connectivity index (χ2n) is 5.04. The van der Waals surface area contributed by atoms with E-state index in [1.165, 1.54) is 13.3 Å². The zero-order chi connectivity index (χ0) is 16.8. The lowest BCUT2D eigenvalue weighted by atomic mass is 10.2. The Bertz CT molecular complexity index is 710. The van der Waals surface area contributed by atoms with E-state index in [2.05, 4.69) is 10.5 Å². The Hall–Kier alpha value is -3.02. The highest BCUT2D eigenvalue weighted by atomic mass is 16.5. The fraction of sp³-hybridized carbons (Fsp3) is 0.176. The van der Waals surface area contributed by atoms with Crippen LogP contribution in [-0.2, 0) is 0 Å². The summed E-state index contributed by atoms with van der Waals surface area (Å²) >= 11 is 0. The average Bonchev–Trinajstić information content (AvgIpc) is 2.56. The number of anilines is 1. The van der Waals surface area contributed by atoms with Crippen molar-refractivity contribution in [2.24, 2.45) is 5.10 Å². The van der Waals surface area contributed by atoms with Gasteiger partial charge in [0.1, 0.15) is 0 Å². The fourth-order valence-corrected chi connectivity index (χ4v) is 1.94. The number of hydrazone groups is 1. The standard InChI is InChI=1S/C17H19N3O3/c1-20(2)14-9-7-12(8-10-14)17(22)19-18-11-13-5-4-6-15(23-3)16(13)21/h4-11,21H,1-3H3,(H,19,22)/b18-11+. The van der Waals surface area contributed by atoms with E-state index in [0.717, 1.165) is 5.69 Å². The first kappa shape index (κ1) is 16.4. The number of ether oxygens (including phenoxy) is 1. The molecule has 0 spiro atoms. The number of rotatable bonds is 5. The van der Waals surface area contributed by atoms with Gasteiger partial charge in [0.15, 0.2) is 11.5 Å². The minimum atomic E-state index is -0.325. The minimum Gasteiger partial charge on any atom is -0.504 e. The molecule has 0 heterocycles. The van der Waals surface area contributed by atoms with Gasteiger partial charge in [0, 0.05) is 30.9 Å². The second-order valence-corrected chi connectivity index (χ2v) is 5.04. The van der Waals surface area contributed by atoms with Crippen LogP contribution in [-0.4, -0.2) is 38.4 Å². The summed E-state index contributed by atoms with van der Waals surface area (Å²) in [6, 6.07) is 12.2. The Morgan fingerprint density at radius 1 is 1.22 bits per heavy atom. The van der Waals surface area contributed by atoms with Crippen molar-refractivity contribution in [3.05, 3.63) is 53.6 Å². The molecule has 2 rings (SSSR count). The summed E-state index contributed by atoms with van der Waals surface area (Å²) in [5.41, 5.74) is 4.39. The number of amides is 1. The van der Waals surface area contributed by atoms with Crippen molar-refractivity contribution in [3.63, 3.8) is 0 Å². The molecule has 120 valence electrons. The summed E-state index contributed by atoms with van der Waals surface area (Å²) < 4.78 is 5.01. The number of para-hydroxylation sites is 1. The van der Waals surface area contributed by atoms with Crippen LogP contribution in [0.3, 0.4) is 0 Å². The van der Waals surface area contributed by atoms with Gasteiger partial charge in [0.25, 0.3) is 5.91 Å². The van der Waals surface area contributed by atoms with E-state index in [1.54, 1.807) is 30.3 Å². The van der Waals surface area contributed by atoms with Gasteiger partial charge in [0.05, 0.1) is 13.3 Å². The van der Waals surface area contributed by atoms with E-state index in [9.17, 15) is 9.90 Å². The summed E-state index contributed by atoms with van der Waals surface area (Å²) in [6.45, 7) is 0. The van der Waals surface area contributed by atoms with Crippen molar-refractivity contribution in [1.82, 2.24) is 5.43 Å². The maximum Gasteiger partial charge on any atom is 0.271 e. The molecule has 0 unspecified atom stereocenters. The molecule has 2 aromatic carbocycles. The van der Waals surface area contributed by atoms with Gasteiger partial charge < -0.3 is 14.7 Å². The Balaban J connectivity index is 2.04. The maximum absolute atomic E-state index is 12.0. The topological polar surface area (TPSA) is 74.2 Å². The number of nitrogens with zero attached hydrogens (tertiary/aromatic N) is 2. The maximum atomic E-state index is 12.0. The number of nitrogens with one attached hydrogen (secondary N) is 1. The number of phenols is 1. The Labute approximate surface area is 135 Å². The van der Waals surface area contributed by atoms with Gasteiger partial charge in [-0.25, -0.2) is 5.43 Å². The van der Waals surface area contributed by atoms with Crippen molar-refractivity contribution in [3.8, 4) is 11.5 Å². The number of carbonyl (C=O) groups is 1. The quantitative estimate of drug-likeness (QED) is 0.656. The highest BCUT2D eigenvalue weighted by Gasteiger charge is 2.06. The van der Waals surface area contributed by atoms with E-state index in [4.69, 9.17) is 4.74 Å². The Kier molecular flexibility index (Phi) is 5.19. The van der Waals surface area contributed by atoms with Gasteiger partial charge >= 0.3 is 0 Å². The third-order valence-electron chi connectivity index (χ3n) is 3.27. The predicted molar refractivity (Wildman–Crippen MR) is 90.5 cm³/mol. The van der Waals surface area contributed by atoms with Crippen molar-refractivity contribution in [2.45, 2.75) is 0 Å². The molecule has 0 bridgehead atoms. The van der Waals surface area contributed by atoms with E-state index in [1.807, 2.05) is 31.1 Å². The molecular formula is C17H19N3O3. The number of phenolic OH excluding ortho intramolecular Hbond substituents is 1. The molecule has 0 aliphatic heterocycles. The predicted octanol–water partition coefficient (Wildman–Crippen LogP) is 2.23. The first-order chi connectivity index (χ1) is 11.0. The van der Waals surface area contributed by atoms with Crippen molar-refractivity contribution in [1.29, 1.82) is 0 Å². The number of hydrogen-bond donors (Lipinski definition) is 2. The van der Waals surface area contributed by atoms with E-state index < -0.39 is 0 Å². The van der Waals surface area contributed by atoms with E-state index in [0.29, 0.717) is 16.9 Å². The highest BCUT2D eigenvalue weighted by molar-refractivity contribution is 5.95. The van der Waals surface area contributed by atoms with Gasteiger partial charge in [-0.05, 0) is 36.4 Å². The fourth-order valence-electron chi connectivity index (χ4n) is 1.94. The zero-order valence-electron chi connectivity index (χ0n) is 13.3. The molecule has 2 N–H and O–H groups in total. The third-order valence-corrected chi connectivity index (χ3v) is 3.27. The molecule has 0 saturated carbocycles. The van der Waals surface area contributed by atoms with Gasteiger partial charge in [0.2, 0.25) is 0 Å². The average molecular weight is 313 g/mol. The first-order valence-corrected chi connectivity index (χ1v) is 6.99. The monoisotopic (exact) mass is 313 g/mol. The lowest BCUT2D eigenvalue weighted by Crippen LogP contribution is -2.18. The molecule has 0 saturated heterocycles. The third kappa shape index (κ3) is 4.00. The van der Waals surface area contributed by atoms with Crippen molar-refractivity contribution in [2.75, 3.05) is 26.1 Å². The number of benzene rings is 2. The largest absolute Gasteiger partial charge is 0.504 e. The number of carbonyl (C=O) groups excluding carboxylic acids is 1. The highest BCUT2D eigenvalue weighted by Crippen LogP contribution is 2.27. The molecule has 2 aromatic rings. The van der Waals surface area contributed by atoms with Crippen molar-refractivity contribution >= 4 is 17.8 Å². The van der Waals surface area contributed by atoms with E-state index in [-0.39, 0.29) is 11.7 Å². The smallest absolute Gasteiger partial charge is 0.271 e. The molecule has 1 amide bonds. The molecule has 0 radical (unpaired) electrons. The van der Waals surface area contributed by atoms with Crippen LogP contribution in [0.5, 0.6) is 11.5 Å². The van der Waals surface area contributed by atoms with Crippen LogP contribution in [0.2, 0.25) is 0 Å². The summed E-state index contributed by atoms with van der Waals surface area (Å²) in [6.07, 6.45) is 1.37. The molecule has 0 aliphatic carbocycles. The molecule has 6 heteroatoms. The number of aromatic hydroxyl groups is 1. The Morgan fingerprint density at radius 2 is 1.91 bits per heavy atom. The van der Waals surface area contributed by atoms with Crippen LogP contribution in [0.25, 0.3) is 0 Å². The molecule has 0 aliphatic rings. The lowest BCUT2D eigenvalue weighted by molar-refractivity contribution is 0.0955. The van der Waals surface area contributed by atoms with Crippen LogP contribution in [0.4, 0.5) is 5.69 Å². The van der Waals surface area contributed by atoms with Gasteiger partial charge in [-0.1, -0.05) is 6.07 Å². The van der Waals surface area contributed by atoms with Crippen LogP contribution in [0, 0.1) is 0 Å². The van der Waals surface area contributed by atoms with Crippen molar-refractivity contribution < 1.29 is 14.6 Å². The lowest BCUT2D eigenvalue weighted by Gasteiger charge is -2.12. The Morgan fingerprint density at radius 3 is 2.52 bits per heavy atom. The zero-order valence-corrected chi connectivity index (χ0v) is 13.3. The number of methoxy groups -OCH3 is 1. The molecule has 0 aromatic heterocycles. The van der Waals surface area contributed by atoms with E-state index >= 15 is 0 Å². The molecule has 0 atom stereocenters.